The van der Waals surface area contributed by atoms with Crippen LogP contribution >= 0.6 is 11.6 Å². The molecular formula is C15H13ClN3O4+. The van der Waals surface area contributed by atoms with E-state index in [0.717, 1.165) is 0 Å². The molecule has 2 aromatic rings. The predicted molar refractivity (Wildman–Crippen MR) is 83.6 cm³/mol. The third-order valence-electron chi connectivity index (χ3n) is 2.85. The van der Waals surface area contributed by atoms with E-state index >= 15 is 0 Å². The number of carbonyl (C=O) groups excluding carboxylic acids is 1. The maximum atomic E-state index is 11.8. The molecular weight excluding hydrogens is 322 g/mol. The Morgan fingerprint density at radius 2 is 1.87 bits per heavy atom. The average molecular weight is 335 g/mol. The zero-order chi connectivity index (χ0) is 16.8. The first-order valence-corrected chi connectivity index (χ1v) is 6.79. The fourth-order valence-electron chi connectivity index (χ4n) is 1.74. The van der Waals surface area contributed by atoms with E-state index in [9.17, 15) is 9.90 Å². The van der Waals surface area contributed by atoms with Gasteiger partial charge in [-0.3, -0.25) is 4.79 Å². The summed E-state index contributed by atoms with van der Waals surface area (Å²) in [6.07, 6.45) is 0. The van der Waals surface area contributed by atoms with Crippen LogP contribution in [0.5, 0.6) is 17.2 Å². The van der Waals surface area contributed by atoms with Crippen molar-refractivity contribution in [2.24, 2.45) is 10.2 Å². The molecule has 0 aromatic heterocycles. The highest BCUT2D eigenvalue weighted by Gasteiger charge is 2.15. The van der Waals surface area contributed by atoms with Crippen molar-refractivity contribution >= 4 is 23.2 Å². The monoisotopic (exact) mass is 334 g/mol. The van der Waals surface area contributed by atoms with Gasteiger partial charge in [-0.2, -0.15) is 0 Å². The van der Waals surface area contributed by atoms with E-state index in [1.165, 1.54) is 32.4 Å². The van der Waals surface area contributed by atoms with Gasteiger partial charge in [-0.1, -0.05) is 11.6 Å². The number of nitrogens with zero attached hydrogens (tertiary/aromatic N) is 3. The van der Waals surface area contributed by atoms with Crippen molar-refractivity contribution in [1.82, 2.24) is 4.91 Å². The highest BCUT2D eigenvalue weighted by Crippen LogP contribution is 2.30. The van der Waals surface area contributed by atoms with Crippen molar-refractivity contribution in [3.05, 3.63) is 47.0 Å². The Morgan fingerprint density at radius 1 is 1.13 bits per heavy atom. The molecule has 0 saturated heterocycles. The normalized spacial score (nSPS) is 9.70. The topological polar surface area (TPSA) is 94.6 Å². The third-order valence-corrected chi connectivity index (χ3v) is 3.09. The molecule has 1 N–H and O–H groups in total. The summed E-state index contributed by atoms with van der Waals surface area (Å²) < 4.78 is 10.2. The predicted octanol–water partition coefficient (Wildman–Crippen LogP) is 3.51. The highest BCUT2D eigenvalue weighted by atomic mass is 35.5. The minimum atomic E-state index is -0.755. The molecule has 0 fully saturated rings. The zero-order valence-electron chi connectivity index (χ0n) is 12.4. The van der Waals surface area contributed by atoms with Gasteiger partial charge in [-0.05, 0) is 30.3 Å². The second-order valence-corrected chi connectivity index (χ2v) is 4.73. The molecule has 0 aliphatic carbocycles. The Balaban J connectivity index is 2.24. The standard InChI is InChI=1S/C15H12ClN3O4/c1-22-13-6-4-10(8-14(13)23-2)17-19-18-15(21)11-7-9(16)3-5-12(11)20/h3-8H,1-2H3/p+1. The molecule has 7 nitrogen and oxygen atoms in total. The first kappa shape index (κ1) is 16.5. The number of ether oxygens (including phenoxy) is 2. The highest BCUT2D eigenvalue weighted by molar-refractivity contribution is 6.31. The largest absolute Gasteiger partial charge is 0.507 e. The average Bonchev–Trinajstić information content (AvgIpc) is 2.56. The summed E-state index contributed by atoms with van der Waals surface area (Å²) in [5, 5.41) is 17.1. The Kier molecular flexibility index (Phi) is 5.30. The Labute approximate surface area is 136 Å². The van der Waals surface area contributed by atoms with E-state index in [0.29, 0.717) is 22.2 Å². The van der Waals surface area contributed by atoms with Gasteiger partial charge >= 0.3 is 5.91 Å². The fourth-order valence-corrected chi connectivity index (χ4v) is 1.91. The van der Waals surface area contributed by atoms with E-state index in [1.807, 2.05) is 0 Å². The lowest BCUT2D eigenvalue weighted by atomic mass is 10.2. The van der Waals surface area contributed by atoms with Gasteiger partial charge in [-0.25, -0.2) is 0 Å². The lowest BCUT2D eigenvalue weighted by Gasteiger charge is -2.05. The Morgan fingerprint density at radius 3 is 2.57 bits per heavy atom. The van der Waals surface area contributed by atoms with Gasteiger partial charge in [-0.15, -0.1) is 0 Å². The minimum Gasteiger partial charge on any atom is -0.507 e. The van der Waals surface area contributed by atoms with Crippen molar-refractivity contribution in [3.63, 3.8) is 0 Å². The van der Waals surface area contributed by atoms with Crippen LogP contribution in [-0.2, 0) is 0 Å². The van der Waals surface area contributed by atoms with Crippen LogP contribution in [0.15, 0.2) is 46.6 Å². The molecule has 0 saturated carbocycles. The smallest absolute Gasteiger partial charge is 0.364 e. The lowest BCUT2D eigenvalue weighted by molar-refractivity contribution is 0.0990. The molecule has 0 atom stereocenters. The molecule has 0 aliphatic rings. The third kappa shape index (κ3) is 4.06. The molecule has 1 amide bonds. The van der Waals surface area contributed by atoms with Gasteiger partial charge in [0.25, 0.3) is 0 Å². The summed E-state index contributed by atoms with van der Waals surface area (Å²) in [5.41, 5.74) is 0.373. The van der Waals surface area contributed by atoms with Gasteiger partial charge in [0.05, 0.1) is 19.8 Å². The van der Waals surface area contributed by atoms with Gasteiger partial charge < -0.3 is 14.6 Å². The van der Waals surface area contributed by atoms with E-state index in [-0.39, 0.29) is 11.3 Å². The van der Waals surface area contributed by atoms with E-state index in [4.69, 9.17) is 21.1 Å². The summed E-state index contributed by atoms with van der Waals surface area (Å²) in [4.78, 5) is 15.3. The van der Waals surface area contributed by atoms with Crippen LogP contribution in [0.1, 0.15) is 10.4 Å². The molecule has 2 aromatic carbocycles. The molecule has 8 heteroatoms. The van der Waals surface area contributed by atoms with Crippen LogP contribution in [-0.4, -0.2) is 25.2 Å². The second kappa shape index (κ2) is 7.40. The molecule has 0 aliphatic heterocycles. The molecule has 0 spiro atoms. The molecule has 0 bridgehead atoms. The maximum Gasteiger partial charge on any atom is 0.364 e. The molecule has 23 heavy (non-hydrogen) atoms. The number of carbonyl (C=O) groups is 1. The number of phenols is 1. The molecule has 0 radical (unpaired) electrons. The van der Waals surface area contributed by atoms with E-state index < -0.39 is 5.91 Å². The van der Waals surface area contributed by atoms with Crippen molar-refractivity contribution < 1.29 is 19.4 Å². The summed E-state index contributed by atoms with van der Waals surface area (Å²) in [6, 6.07) is 8.92. The van der Waals surface area contributed by atoms with Crippen LogP contribution in [0.25, 0.3) is 0 Å². The summed E-state index contributed by atoms with van der Waals surface area (Å²) >= 11 is 5.77. The number of aromatic hydroxyl groups is 1. The minimum absolute atomic E-state index is 0.0521. The van der Waals surface area contributed by atoms with Crippen molar-refractivity contribution in [1.29, 1.82) is 0 Å². The van der Waals surface area contributed by atoms with Crippen molar-refractivity contribution in [2.45, 2.75) is 0 Å². The second-order valence-electron chi connectivity index (χ2n) is 4.30. The number of benzene rings is 2. The van der Waals surface area contributed by atoms with Crippen LogP contribution in [0.4, 0.5) is 5.69 Å². The van der Waals surface area contributed by atoms with Crippen molar-refractivity contribution in [3.8, 4) is 17.2 Å². The summed E-state index contributed by atoms with van der Waals surface area (Å²) in [7, 11) is 3.01. The van der Waals surface area contributed by atoms with Crippen LogP contribution in [0.2, 0.25) is 5.02 Å². The first-order valence-electron chi connectivity index (χ1n) is 6.41. The molecule has 118 valence electrons. The van der Waals surface area contributed by atoms with E-state index in [1.54, 1.807) is 18.2 Å². The van der Waals surface area contributed by atoms with Crippen molar-refractivity contribution in [2.75, 3.05) is 14.2 Å². The van der Waals surface area contributed by atoms with Gasteiger partial charge in [0.1, 0.15) is 5.75 Å². The molecule has 0 heterocycles. The number of halogens is 1. The first-order chi connectivity index (χ1) is 11.0. The van der Waals surface area contributed by atoms with Crippen LogP contribution in [0.3, 0.4) is 0 Å². The molecule has 2 rings (SSSR count). The fraction of sp³-hybridized carbons (Fsp3) is 0.133. The quantitative estimate of drug-likeness (QED) is 0.683. The van der Waals surface area contributed by atoms with Crippen LogP contribution < -0.4 is 14.4 Å². The Hall–Kier alpha value is -2.89. The molecule has 0 unspecified atom stereocenters. The Bertz CT molecular complexity index is 801. The lowest BCUT2D eigenvalue weighted by Crippen LogP contribution is -1.95. The number of rotatable bonds is 4. The number of hydrogen-bond acceptors (Lipinski definition) is 5. The van der Waals surface area contributed by atoms with Gasteiger partial charge in [0.15, 0.2) is 22.3 Å². The number of amides is 1. The van der Waals surface area contributed by atoms with Gasteiger partial charge in [0, 0.05) is 11.1 Å². The summed E-state index contributed by atoms with van der Waals surface area (Å²) in [5.74, 6) is 0.0322. The van der Waals surface area contributed by atoms with Crippen LogP contribution in [0, 0.1) is 0 Å². The number of methoxy groups -OCH3 is 2. The zero-order valence-corrected chi connectivity index (χ0v) is 13.1. The SMILES string of the molecule is COc1ccc(N=[N+]=NC(=O)c2cc(Cl)ccc2O)cc1OC. The summed E-state index contributed by atoms with van der Waals surface area (Å²) in [6.45, 7) is 0. The van der Waals surface area contributed by atoms with E-state index in [2.05, 4.69) is 15.1 Å². The number of phenolic OH excluding ortho intramolecular Hbond substituents is 1. The maximum absolute atomic E-state index is 11.8. The number of hydrogen-bond donors (Lipinski definition) is 1. The van der Waals surface area contributed by atoms with Gasteiger partial charge in [0.2, 0.25) is 10.0 Å².